The van der Waals surface area contributed by atoms with Crippen molar-refractivity contribution in [2.45, 2.75) is 40.7 Å². The summed E-state index contributed by atoms with van der Waals surface area (Å²) in [7, 11) is 0. The van der Waals surface area contributed by atoms with Gasteiger partial charge in [-0.3, -0.25) is 4.79 Å². The van der Waals surface area contributed by atoms with Crippen LogP contribution in [-0.2, 0) is 11.3 Å². The zero-order valence-electron chi connectivity index (χ0n) is 14.7. The Bertz CT molecular complexity index is 909. The predicted octanol–water partition coefficient (Wildman–Crippen LogP) is 4.30. The molecule has 0 spiro atoms. The van der Waals surface area contributed by atoms with Crippen molar-refractivity contribution >= 4 is 22.6 Å². The molecule has 0 bridgehead atoms. The minimum absolute atomic E-state index is 0.0210. The molecule has 1 heterocycles. The van der Waals surface area contributed by atoms with Crippen LogP contribution in [0.4, 0.5) is 5.69 Å². The summed E-state index contributed by atoms with van der Waals surface area (Å²) in [6.07, 6.45) is 2.24. The Morgan fingerprint density at radius 1 is 1.04 bits per heavy atom. The Hall–Kier alpha value is -2.62. The van der Waals surface area contributed by atoms with Crippen LogP contribution < -0.4 is 5.32 Å². The first kappa shape index (κ1) is 16.2. The van der Waals surface area contributed by atoms with Crippen LogP contribution in [0.3, 0.4) is 0 Å². The van der Waals surface area contributed by atoms with Crippen LogP contribution in [0.1, 0.15) is 28.7 Å². The third kappa shape index (κ3) is 3.32. The minimum Gasteiger partial charge on any atom is -0.330 e. The van der Waals surface area contributed by atoms with Gasteiger partial charge >= 0.3 is 0 Å². The summed E-state index contributed by atoms with van der Waals surface area (Å²) in [6.45, 7) is 8.86. The molecular weight excluding hydrogens is 298 g/mol. The van der Waals surface area contributed by atoms with Crippen LogP contribution in [-0.4, -0.2) is 15.5 Å². The molecule has 0 aliphatic heterocycles. The van der Waals surface area contributed by atoms with Crippen molar-refractivity contribution < 1.29 is 4.79 Å². The van der Waals surface area contributed by atoms with Gasteiger partial charge in [0.15, 0.2) is 0 Å². The second-order valence-corrected chi connectivity index (χ2v) is 6.48. The van der Waals surface area contributed by atoms with Crippen LogP contribution in [0.25, 0.3) is 11.0 Å². The lowest BCUT2D eigenvalue weighted by atomic mass is 10.1. The van der Waals surface area contributed by atoms with Crippen molar-refractivity contribution in [3.63, 3.8) is 0 Å². The van der Waals surface area contributed by atoms with Crippen molar-refractivity contribution in [1.29, 1.82) is 0 Å². The maximum atomic E-state index is 12.3. The van der Waals surface area contributed by atoms with Gasteiger partial charge in [-0.2, -0.15) is 0 Å². The number of anilines is 1. The van der Waals surface area contributed by atoms with Crippen molar-refractivity contribution in [3.05, 3.63) is 58.9 Å². The van der Waals surface area contributed by atoms with Crippen LogP contribution in [0.2, 0.25) is 0 Å². The summed E-state index contributed by atoms with van der Waals surface area (Å²) >= 11 is 0. The summed E-state index contributed by atoms with van der Waals surface area (Å²) in [5.41, 5.74) is 7.70. The Morgan fingerprint density at radius 3 is 2.54 bits per heavy atom. The van der Waals surface area contributed by atoms with Gasteiger partial charge in [0.25, 0.3) is 0 Å². The molecule has 1 aromatic heterocycles. The van der Waals surface area contributed by atoms with E-state index in [-0.39, 0.29) is 5.91 Å². The fraction of sp³-hybridized carbons (Fsp3) is 0.300. The molecule has 2 aromatic carbocycles. The smallest absolute Gasteiger partial charge is 0.226 e. The maximum Gasteiger partial charge on any atom is 0.226 e. The molecule has 0 radical (unpaired) electrons. The summed E-state index contributed by atoms with van der Waals surface area (Å²) in [4.78, 5) is 16.7. The van der Waals surface area contributed by atoms with Gasteiger partial charge < -0.3 is 9.88 Å². The molecular formula is C20H23N3O. The van der Waals surface area contributed by atoms with E-state index in [4.69, 9.17) is 0 Å². The minimum atomic E-state index is 0.0210. The van der Waals surface area contributed by atoms with Crippen molar-refractivity contribution in [3.8, 4) is 0 Å². The average molecular weight is 321 g/mol. The normalized spacial score (nSPS) is 11.0. The standard InChI is InChI=1S/C20H23N3O/c1-13-5-6-17(16(4)9-13)22-20(24)7-8-23-12-21-18-10-14(2)15(3)11-19(18)23/h5-6,9-12H,7-8H2,1-4H3,(H,22,24). The first-order valence-electron chi connectivity index (χ1n) is 8.23. The number of nitrogens with one attached hydrogen (secondary N) is 1. The third-order valence-corrected chi connectivity index (χ3v) is 4.47. The van der Waals surface area contributed by atoms with Crippen LogP contribution >= 0.6 is 0 Å². The topological polar surface area (TPSA) is 46.9 Å². The number of benzene rings is 2. The van der Waals surface area contributed by atoms with E-state index in [9.17, 15) is 4.79 Å². The molecule has 0 atom stereocenters. The molecule has 0 saturated carbocycles. The van der Waals surface area contributed by atoms with Crippen LogP contribution in [0, 0.1) is 27.7 Å². The fourth-order valence-electron chi connectivity index (χ4n) is 2.88. The number of amides is 1. The SMILES string of the molecule is Cc1ccc(NC(=O)CCn2cnc3cc(C)c(C)cc32)c(C)c1. The lowest BCUT2D eigenvalue weighted by Gasteiger charge is -2.10. The molecule has 3 rings (SSSR count). The predicted molar refractivity (Wildman–Crippen MR) is 98.4 cm³/mol. The Labute approximate surface area is 142 Å². The zero-order chi connectivity index (χ0) is 17.3. The summed E-state index contributed by atoms with van der Waals surface area (Å²) in [6, 6.07) is 10.3. The van der Waals surface area contributed by atoms with Crippen molar-refractivity contribution in [2.24, 2.45) is 0 Å². The molecule has 0 unspecified atom stereocenters. The Balaban J connectivity index is 1.69. The van der Waals surface area contributed by atoms with Gasteiger partial charge in [-0.15, -0.1) is 0 Å². The number of hydrogen-bond acceptors (Lipinski definition) is 2. The first-order chi connectivity index (χ1) is 11.4. The van der Waals surface area contributed by atoms with Gasteiger partial charge in [0.05, 0.1) is 17.4 Å². The number of fused-ring (bicyclic) bond motifs is 1. The molecule has 24 heavy (non-hydrogen) atoms. The molecule has 0 aliphatic carbocycles. The highest BCUT2D eigenvalue weighted by Crippen LogP contribution is 2.19. The number of aromatic nitrogens is 2. The number of rotatable bonds is 4. The summed E-state index contributed by atoms with van der Waals surface area (Å²) in [5, 5.41) is 3.00. The molecule has 4 nitrogen and oxygen atoms in total. The number of imidazole rings is 1. The van der Waals surface area contributed by atoms with Gasteiger partial charge in [0.1, 0.15) is 0 Å². The number of carbonyl (C=O) groups is 1. The highest BCUT2D eigenvalue weighted by molar-refractivity contribution is 5.91. The molecule has 124 valence electrons. The van der Waals surface area contributed by atoms with Gasteiger partial charge in [-0.1, -0.05) is 17.7 Å². The van der Waals surface area contributed by atoms with E-state index in [1.54, 1.807) is 0 Å². The molecule has 0 aliphatic rings. The lowest BCUT2D eigenvalue weighted by molar-refractivity contribution is -0.116. The highest BCUT2D eigenvalue weighted by atomic mass is 16.1. The van der Waals surface area contributed by atoms with E-state index in [0.29, 0.717) is 13.0 Å². The van der Waals surface area contributed by atoms with E-state index in [2.05, 4.69) is 42.3 Å². The van der Waals surface area contributed by atoms with E-state index in [1.807, 2.05) is 36.9 Å². The van der Waals surface area contributed by atoms with Crippen molar-refractivity contribution in [1.82, 2.24) is 9.55 Å². The Morgan fingerprint density at radius 2 is 1.79 bits per heavy atom. The van der Waals surface area contributed by atoms with Gasteiger partial charge in [-0.05, 0) is 62.6 Å². The number of carbonyl (C=O) groups excluding carboxylic acids is 1. The van der Waals surface area contributed by atoms with Crippen molar-refractivity contribution in [2.75, 3.05) is 5.32 Å². The van der Waals surface area contributed by atoms with E-state index >= 15 is 0 Å². The maximum absolute atomic E-state index is 12.3. The Kier molecular flexibility index (Phi) is 4.38. The number of aryl methyl sites for hydroxylation is 5. The van der Waals surface area contributed by atoms with Gasteiger partial charge in [0.2, 0.25) is 5.91 Å². The van der Waals surface area contributed by atoms with Crippen LogP contribution in [0.5, 0.6) is 0 Å². The molecule has 3 aromatic rings. The second-order valence-electron chi connectivity index (χ2n) is 6.48. The molecule has 1 amide bonds. The quantitative estimate of drug-likeness (QED) is 0.779. The van der Waals surface area contributed by atoms with E-state index in [1.165, 1.54) is 16.7 Å². The lowest BCUT2D eigenvalue weighted by Crippen LogP contribution is -2.15. The number of hydrogen-bond donors (Lipinski definition) is 1. The third-order valence-electron chi connectivity index (χ3n) is 4.47. The zero-order valence-corrected chi connectivity index (χ0v) is 14.7. The fourth-order valence-corrected chi connectivity index (χ4v) is 2.88. The van der Waals surface area contributed by atoms with E-state index in [0.717, 1.165) is 22.3 Å². The van der Waals surface area contributed by atoms with E-state index < -0.39 is 0 Å². The summed E-state index contributed by atoms with van der Waals surface area (Å²) in [5.74, 6) is 0.0210. The van der Waals surface area contributed by atoms with Crippen LogP contribution in [0.15, 0.2) is 36.7 Å². The van der Waals surface area contributed by atoms with Gasteiger partial charge in [-0.25, -0.2) is 4.98 Å². The average Bonchev–Trinajstić information content (AvgIpc) is 2.90. The monoisotopic (exact) mass is 321 g/mol. The molecule has 4 heteroatoms. The molecule has 0 saturated heterocycles. The second kappa shape index (κ2) is 6.48. The number of nitrogens with zero attached hydrogens (tertiary/aromatic N) is 2. The first-order valence-corrected chi connectivity index (χ1v) is 8.23. The summed E-state index contributed by atoms with van der Waals surface area (Å²) < 4.78 is 2.04. The molecule has 1 N–H and O–H groups in total. The highest BCUT2D eigenvalue weighted by Gasteiger charge is 2.08. The van der Waals surface area contributed by atoms with Gasteiger partial charge in [0, 0.05) is 18.7 Å². The molecule has 0 fully saturated rings. The largest absolute Gasteiger partial charge is 0.330 e.